The molecule has 5 rings (SSSR count). The van der Waals surface area contributed by atoms with E-state index in [0.717, 1.165) is 68.0 Å². The lowest BCUT2D eigenvalue weighted by Crippen LogP contribution is -2.44. The van der Waals surface area contributed by atoms with Gasteiger partial charge in [0, 0.05) is 45.3 Å². The number of aromatic nitrogens is 2. The van der Waals surface area contributed by atoms with Gasteiger partial charge in [-0.1, -0.05) is 6.07 Å². The molecule has 1 amide bonds. The number of carbonyl (C=O) groups is 1. The van der Waals surface area contributed by atoms with E-state index in [4.69, 9.17) is 9.72 Å². The number of likely N-dealkylation sites (tertiary alicyclic amines) is 1. The van der Waals surface area contributed by atoms with Crippen LogP contribution in [0.15, 0.2) is 22.3 Å². The van der Waals surface area contributed by atoms with Gasteiger partial charge < -0.3 is 14.6 Å². The molecule has 154 valence electrons. The van der Waals surface area contributed by atoms with E-state index in [1.54, 1.807) is 0 Å². The molecule has 3 aliphatic heterocycles. The largest absolute Gasteiger partial charge is 0.381 e. The second-order valence-corrected chi connectivity index (χ2v) is 9.02. The van der Waals surface area contributed by atoms with Crippen LogP contribution in [0.4, 0.5) is 0 Å². The molecule has 0 spiro atoms. The molecule has 29 heavy (non-hydrogen) atoms. The van der Waals surface area contributed by atoms with E-state index in [9.17, 15) is 9.59 Å². The van der Waals surface area contributed by atoms with E-state index in [-0.39, 0.29) is 17.5 Å². The number of rotatable bonds is 3. The fraction of sp³-hybridized carbons (Fsp3) is 0.571. The van der Waals surface area contributed by atoms with Crippen molar-refractivity contribution >= 4 is 17.2 Å². The van der Waals surface area contributed by atoms with Crippen LogP contribution in [0.5, 0.6) is 0 Å². The third kappa shape index (κ3) is 3.65. The SMILES string of the molecule is O=C(c1cccs1)N1CCC[C@H]1c1nc2c(c(=O)[nH]1)CN(C1CCOCC1)CC2. The van der Waals surface area contributed by atoms with Gasteiger partial charge in [0.25, 0.3) is 11.5 Å². The average Bonchev–Trinajstić information content (AvgIpc) is 3.46. The molecule has 7 nitrogen and oxygen atoms in total. The zero-order valence-corrected chi connectivity index (χ0v) is 17.2. The molecule has 2 saturated heterocycles. The Morgan fingerprint density at radius 2 is 2.10 bits per heavy atom. The van der Waals surface area contributed by atoms with Crippen molar-refractivity contribution in [2.24, 2.45) is 0 Å². The number of carbonyl (C=O) groups excluding carboxylic acids is 1. The highest BCUT2D eigenvalue weighted by Gasteiger charge is 2.34. The van der Waals surface area contributed by atoms with E-state index >= 15 is 0 Å². The van der Waals surface area contributed by atoms with E-state index in [1.807, 2.05) is 22.4 Å². The predicted octanol–water partition coefficient (Wildman–Crippen LogP) is 2.35. The minimum Gasteiger partial charge on any atom is -0.381 e. The number of fused-ring (bicyclic) bond motifs is 1. The Hall–Kier alpha value is -2.03. The summed E-state index contributed by atoms with van der Waals surface area (Å²) in [5.41, 5.74) is 1.65. The summed E-state index contributed by atoms with van der Waals surface area (Å²) in [5, 5.41) is 1.92. The van der Waals surface area contributed by atoms with Gasteiger partial charge in [-0.15, -0.1) is 11.3 Å². The zero-order valence-electron chi connectivity index (χ0n) is 16.4. The zero-order chi connectivity index (χ0) is 19.8. The number of nitrogens with zero attached hydrogens (tertiary/aromatic N) is 3. The van der Waals surface area contributed by atoms with Gasteiger partial charge in [-0.3, -0.25) is 14.5 Å². The Labute approximate surface area is 173 Å². The Morgan fingerprint density at radius 3 is 2.90 bits per heavy atom. The van der Waals surface area contributed by atoms with E-state index < -0.39 is 0 Å². The molecule has 2 aromatic rings. The molecule has 2 fully saturated rings. The third-order valence-corrected chi connectivity index (χ3v) is 7.24. The summed E-state index contributed by atoms with van der Waals surface area (Å²) in [6.45, 7) is 3.90. The van der Waals surface area contributed by atoms with Gasteiger partial charge in [0.1, 0.15) is 5.82 Å². The summed E-state index contributed by atoms with van der Waals surface area (Å²) in [7, 11) is 0. The van der Waals surface area contributed by atoms with Crippen molar-refractivity contribution < 1.29 is 9.53 Å². The lowest BCUT2D eigenvalue weighted by molar-refractivity contribution is 0.0285. The van der Waals surface area contributed by atoms with Gasteiger partial charge in [-0.2, -0.15) is 0 Å². The minimum atomic E-state index is -0.142. The monoisotopic (exact) mass is 414 g/mol. The molecular formula is C21H26N4O3S. The highest BCUT2D eigenvalue weighted by atomic mass is 32.1. The first kappa shape index (κ1) is 19.0. The maximum Gasteiger partial charge on any atom is 0.264 e. The molecule has 3 aliphatic rings. The van der Waals surface area contributed by atoms with Gasteiger partial charge in [-0.05, 0) is 37.1 Å². The summed E-state index contributed by atoms with van der Waals surface area (Å²) in [4.78, 5) is 38.7. The standard InChI is InChI=1S/C21H26N4O3S/c26-20-15-13-24(14-6-10-28-11-7-14)9-5-16(15)22-19(23-20)17-3-1-8-25(17)21(27)18-4-2-12-29-18/h2,4,12,14,17H,1,3,5-11,13H2,(H,22,23,26)/t17-/m0/s1. The summed E-state index contributed by atoms with van der Waals surface area (Å²) in [6, 6.07) is 4.10. The van der Waals surface area contributed by atoms with Crippen LogP contribution < -0.4 is 5.56 Å². The maximum absolute atomic E-state index is 12.9. The smallest absolute Gasteiger partial charge is 0.264 e. The summed E-state index contributed by atoms with van der Waals surface area (Å²) in [6.07, 6.45) is 4.61. The molecule has 2 aromatic heterocycles. The topological polar surface area (TPSA) is 78.5 Å². The van der Waals surface area contributed by atoms with E-state index in [1.165, 1.54) is 11.3 Å². The lowest BCUT2D eigenvalue weighted by Gasteiger charge is -2.37. The Kier molecular flexibility index (Phi) is 5.24. The number of hydrogen-bond acceptors (Lipinski definition) is 6. The summed E-state index contributed by atoms with van der Waals surface area (Å²) >= 11 is 1.46. The summed E-state index contributed by atoms with van der Waals surface area (Å²) < 4.78 is 5.47. The number of ether oxygens (including phenoxy) is 1. The average molecular weight is 415 g/mol. The van der Waals surface area contributed by atoms with E-state index in [0.29, 0.717) is 25.0 Å². The van der Waals surface area contributed by atoms with Gasteiger partial charge in [0.2, 0.25) is 0 Å². The van der Waals surface area contributed by atoms with Gasteiger partial charge >= 0.3 is 0 Å². The number of amides is 1. The van der Waals surface area contributed by atoms with E-state index in [2.05, 4.69) is 9.88 Å². The molecule has 0 bridgehead atoms. The fourth-order valence-corrected chi connectivity index (χ4v) is 5.50. The molecule has 1 N–H and O–H groups in total. The number of aromatic amines is 1. The maximum atomic E-state index is 12.9. The van der Waals surface area contributed by atoms with Crippen LogP contribution in [0, 0.1) is 0 Å². The van der Waals surface area contributed by atoms with Crippen molar-refractivity contribution in [3.63, 3.8) is 0 Å². The van der Waals surface area contributed by atoms with Gasteiger partial charge in [0.05, 0.1) is 22.2 Å². The summed E-state index contributed by atoms with van der Waals surface area (Å²) in [5.74, 6) is 0.684. The van der Waals surface area contributed by atoms with Crippen molar-refractivity contribution in [2.45, 2.75) is 50.7 Å². The molecular weight excluding hydrogens is 388 g/mol. The first-order chi connectivity index (χ1) is 14.2. The van der Waals surface area contributed by atoms with Crippen molar-refractivity contribution in [1.82, 2.24) is 19.8 Å². The number of hydrogen-bond donors (Lipinski definition) is 1. The van der Waals surface area contributed by atoms with Crippen molar-refractivity contribution in [2.75, 3.05) is 26.3 Å². The van der Waals surface area contributed by atoms with Crippen molar-refractivity contribution in [3.8, 4) is 0 Å². The second kappa shape index (κ2) is 8.01. The van der Waals surface area contributed by atoms with Crippen LogP contribution >= 0.6 is 11.3 Å². The van der Waals surface area contributed by atoms with Crippen molar-refractivity contribution in [3.05, 3.63) is 49.8 Å². The van der Waals surface area contributed by atoms with Crippen LogP contribution in [0.25, 0.3) is 0 Å². The Balaban J connectivity index is 1.38. The van der Waals surface area contributed by atoms with Crippen LogP contribution in [0.1, 0.15) is 58.5 Å². The molecule has 0 aromatic carbocycles. The molecule has 0 unspecified atom stereocenters. The van der Waals surface area contributed by atoms with Gasteiger partial charge in [0.15, 0.2) is 0 Å². The number of thiophene rings is 1. The molecule has 0 aliphatic carbocycles. The molecule has 0 saturated carbocycles. The molecule has 0 radical (unpaired) electrons. The fourth-order valence-electron chi connectivity index (χ4n) is 4.82. The van der Waals surface area contributed by atoms with Gasteiger partial charge in [-0.25, -0.2) is 4.98 Å². The quantitative estimate of drug-likeness (QED) is 0.834. The molecule has 5 heterocycles. The molecule has 1 atom stereocenters. The molecule has 8 heteroatoms. The predicted molar refractivity (Wildman–Crippen MR) is 110 cm³/mol. The number of nitrogens with one attached hydrogen (secondary N) is 1. The lowest BCUT2D eigenvalue weighted by atomic mass is 10.0. The Bertz CT molecular complexity index is 936. The Morgan fingerprint density at radius 1 is 1.24 bits per heavy atom. The highest BCUT2D eigenvalue weighted by molar-refractivity contribution is 7.12. The minimum absolute atomic E-state index is 0.0357. The van der Waals surface area contributed by atoms with Crippen LogP contribution in [-0.4, -0.2) is 58.0 Å². The second-order valence-electron chi connectivity index (χ2n) is 8.07. The van der Waals surface area contributed by atoms with Crippen molar-refractivity contribution in [1.29, 1.82) is 0 Å². The van der Waals surface area contributed by atoms with Crippen LogP contribution in [0.2, 0.25) is 0 Å². The highest BCUT2D eigenvalue weighted by Crippen LogP contribution is 2.32. The van der Waals surface area contributed by atoms with Crippen LogP contribution in [-0.2, 0) is 17.7 Å². The number of H-pyrrole nitrogens is 1. The van der Waals surface area contributed by atoms with Crippen LogP contribution in [0.3, 0.4) is 0 Å². The first-order valence-corrected chi connectivity index (χ1v) is 11.4. The first-order valence-electron chi connectivity index (χ1n) is 10.5. The third-order valence-electron chi connectivity index (χ3n) is 6.38. The normalized spacial score (nSPS) is 23.3.